The van der Waals surface area contributed by atoms with Crippen LogP contribution in [0.4, 0.5) is 5.82 Å². The summed E-state index contributed by atoms with van der Waals surface area (Å²) in [7, 11) is 0.946. The zero-order valence-corrected chi connectivity index (χ0v) is 20.4. The molecule has 33 heavy (non-hydrogen) atoms. The number of nitrogens with one attached hydrogen (secondary N) is 1. The van der Waals surface area contributed by atoms with Gasteiger partial charge in [0.1, 0.15) is 18.6 Å². The molecule has 0 saturated carbocycles. The fourth-order valence-electron chi connectivity index (χ4n) is 3.79. The van der Waals surface area contributed by atoms with Gasteiger partial charge in [0.15, 0.2) is 5.82 Å². The molecule has 0 aliphatic heterocycles. The summed E-state index contributed by atoms with van der Waals surface area (Å²) in [5, 5.41) is 15.1. The molecule has 0 radical (unpaired) electrons. The van der Waals surface area contributed by atoms with Crippen molar-refractivity contribution in [3.05, 3.63) is 71.9 Å². The van der Waals surface area contributed by atoms with Gasteiger partial charge in [-0.3, -0.25) is 0 Å². The Hall–Kier alpha value is -3.37. The topological polar surface area (TPSA) is 73.3 Å². The molecule has 6 nitrogen and oxygen atoms in total. The van der Waals surface area contributed by atoms with E-state index in [-0.39, 0.29) is 0 Å². The molecule has 4 rings (SSSR count). The number of methoxy groups -OCH3 is 2. The van der Waals surface area contributed by atoms with Gasteiger partial charge in [-0.1, -0.05) is 24.3 Å². The second-order valence-corrected chi connectivity index (χ2v) is 11.5. The normalized spacial score (nSPS) is 11.4. The van der Waals surface area contributed by atoms with Crippen LogP contribution in [0.5, 0.6) is 11.5 Å². The van der Waals surface area contributed by atoms with Crippen molar-refractivity contribution in [2.75, 3.05) is 32.9 Å². The minimum atomic E-state index is -2.33. The predicted molar refractivity (Wildman–Crippen MR) is 136 cm³/mol. The van der Waals surface area contributed by atoms with Crippen LogP contribution < -0.4 is 20.1 Å². The Bertz CT molecular complexity index is 1360. The average Bonchev–Trinajstić information content (AvgIpc) is 2.83. The second kappa shape index (κ2) is 9.24. The van der Waals surface area contributed by atoms with Crippen molar-refractivity contribution in [3.8, 4) is 22.6 Å². The molecule has 170 valence electrons. The fourth-order valence-corrected chi connectivity index (χ4v) is 4.69. The Balaban J connectivity index is 1.67. The van der Waals surface area contributed by atoms with Gasteiger partial charge < -0.3 is 19.4 Å². The Morgan fingerprint density at radius 3 is 2.39 bits per heavy atom. The van der Waals surface area contributed by atoms with Gasteiger partial charge in [-0.25, -0.2) is 0 Å². The summed E-state index contributed by atoms with van der Waals surface area (Å²) in [6, 6.07) is 19.9. The van der Waals surface area contributed by atoms with Crippen LogP contribution in [0.1, 0.15) is 11.3 Å². The van der Waals surface area contributed by atoms with Crippen LogP contribution in [0.15, 0.2) is 60.7 Å². The molecule has 0 atom stereocenters. The van der Waals surface area contributed by atoms with Gasteiger partial charge >= 0.3 is 0 Å². The molecule has 1 aromatic heterocycles. The van der Waals surface area contributed by atoms with E-state index in [1.165, 1.54) is 0 Å². The highest BCUT2D eigenvalue weighted by atomic mass is 31.2. The molecule has 3 aromatic carbocycles. The van der Waals surface area contributed by atoms with E-state index in [2.05, 4.69) is 33.7 Å². The van der Waals surface area contributed by atoms with Crippen molar-refractivity contribution in [2.24, 2.45) is 0 Å². The first-order valence-corrected chi connectivity index (χ1v) is 13.3. The Morgan fingerprint density at radius 2 is 1.67 bits per heavy atom. The zero-order valence-electron chi connectivity index (χ0n) is 19.5. The molecular weight excluding hydrogens is 433 g/mol. The maximum atomic E-state index is 12.5. The molecule has 4 aromatic rings. The monoisotopic (exact) mass is 461 g/mol. The number of nitrogens with zero attached hydrogens (tertiary/aromatic N) is 2. The SMILES string of the molecule is COc1ccc(CNc2nnc(C)c3cc(-c4cccc(P(C)(C)=O)c4)ccc23)c(OC)c1. The Kier molecular flexibility index (Phi) is 6.39. The number of aryl methyl sites for hydroxylation is 1. The van der Waals surface area contributed by atoms with Crippen molar-refractivity contribution in [1.82, 2.24) is 10.2 Å². The zero-order chi connectivity index (χ0) is 23.6. The number of aromatic nitrogens is 2. The summed E-state index contributed by atoms with van der Waals surface area (Å²) < 4.78 is 23.3. The third kappa shape index (κ3) is 4.86. The lowest BCUT2D eigenvalue weighted by Gasteiger charge is -2.14. The van der Waals surface area contributed by atoms with E-state index in [4.69, 9.17) is 9.47 Å². The van der Waals surface area contributed by atoms with E-state index in [1.54, 1.807) is 27.5 Å². The number of ether oxygens (including phenoxy) is 2. The molecule has 0 saturated heterocycles. The number of fused-ring (bicyclic) bond motifs is 1. The summed E-state index contributed by atoms with van der Waals surface area (Å²) in [5.74, 6) is 2.20. The highest BCUT2D eigenvalue weighted by Crippen LogP contribution is 2.36. The molecule has 1 N–H and O–H groups in total. The summed E-state index contributed by atoms with van der Waals surface area (Å²) in [6.07, 6.45) is 0. The van der Waals surface area contributed by atoms with Gasteiger partial charge in [-0.05, 0) is 61.7 Å². The van der Waals surface area contributed by atoms with Crippen LogP contribution in [0.3, 0.4) is 0 Å². The van der Waals surface area contributed by atoms with Crippen molar-refractivity contribution in [2.45, 2.75) is 13.5 Å². The molecule has 0 aliphatic carbocycles. The molecule has 0 spiro atoms. The van der Waals surface area contributed by atoms with Crippen molar-refractivity contribution in [3.63, 3.8) is 0 Å². The largest absolute Gasteiger partial charge is 0.497 e. The summed E-state index contributed by atoms with van der Waals surface area (Å²) in [6.45, 7) is 6.08. The molecule has 0 bridgehead atoms. The van der Waals surface area contributed by atoms with Crippen LogP contribution in [-0.4, -0.2) is 37.7 Å². The smallest absolute Gasteiger partial charge is 0.156 e. The Morgan fingerprint density at radius 1 is 0.879 bits per heavy atom. The van der Waals surface area contributed by atoms with E-state index in [1.807, 2.05) is 49.4 Å². The van der Waals surface area contributed by atoms with Crippen molar-refractivity contribution in [1.29, 1.82) is 0 Å². The molecule has 7 heteroatoms. The van der Waals surface area contributed by atoms with E-state index >= 15 is 0 Å². The summed E-state index contributed by atoms with van der Waals surface area (Å²) in [4.78, 5) is 0. The minimum absolute atomic E-state index is 0.534. The molecule has 0 amide bonds. The summed E-state index contributed by atoms with van der Waals surface area (Å²) in [5.41, 5.74) is 3.93. The maximum Gasteiger partial charge on any atom is 0.156 e. The lowest BCUT2D eigenvalue weighted by molar-refractivity contribution is 0.391. The maximum absolute atomic E-state index is 12.5. The van der Waals surface area contributed by atoms with E-state index in [0.717, 1.165) is 50.0 Å². The van der Waals surface area contributed by atoms with Crippen LogP contribution >= 0.6 is 7.14 Å². The van der Waals surface area contributed by atoms with Crippen molar-refractivity contribution < 1.29 is 14.0 Å². The van der Waals surface area contributed by atoms with Crippen LogP contribution in [0, 0.1) is 6.92 Å². The highest BCUT2D eigenvalue weighted by molar-refractivity contribution is 7.70. The quantitative estimate of drug-likeness (QED) is 0.367. The lowest BCUT2D eigenvalue weighted by atomic mass is 10.0. The van der Waals surface area contributed by atoms with E-state index in [9.17, 15) is 4.57 Å². The minimum Gasteiger partial charge on any atom is -0.497 e. The van der Waals surface area contributed by atoms with Gasteiger partial charge in [0.05, 0.1) is 19.9 Å². The second-order valence-electron chi connectivity index (χ2n) is 8.33. The fraction of sp³-hybridized carbons (Fsp3) is 0.231. The molecule has 1 heterocycles. The lowest BCUT2D eigenvalue weighted by Crippen LogP contribution is -2.06. The number of anilines is 1. The average molecular weight is 462 g/mol. The molecule has 0 unspecified atom stereocenters. The highest BCUT2D eigenvalue weighted by Gasteiger charge is 2.14. The van der Waals surface area contributed by atoms with E-state index < -0.39 is 7.14 Å². The third-order valence-electron chi connectivity index (χ3n) is 5.71. The van der Waals surface area contributed by atoms with E-state index in [0.29, 0.717) is 12.4 Å². The number of hydrogen-bond donors (Lipinski definition) is 1. The van der Waals surface area contributed by atoms with Crippen molar-refractivity contribution >= 4 is 29.0 Å². The predicted octanol–water partition coefficient (Wildman–Crippen LogP) is 5.48. The first-order chi connectivity index (χ1) is 15.8. The van der Waals surface area contributed by atoms with Gasteiger partial charge in [-0.15, -0.1) is 5.10 Å². The van der Waals surface area contributed by atoms with Gasteiger partial charge in [0.2, 0.25) is 0 Å². The first kappa shape index (κ1) is 22.8. The number of hydrogen-bond acceptors (Lipinski definition) is 6. The number of rotatable bonds is 7. The van der Waals surface area contributed by atoms with Crippen LogP contribution in [-0.2, 0) is 11.1 Å². The number of benzene rings is 3. The standard InChI is InChI=1S/C26H28N3O3P/c1-17-24-14-19(18-7-6-8-22(13-18)33(4,5)30)10-12-23(24)26(29-28-17)27-16-20-9-11-21(31-2)15-25(20)32-3/h6-15H,16H2,1-5H3,(H,27,29). The first-order valence-electron chi connectivity index (χ1n) is 10.7. The molecule has 0 aliphatic rings. The Labute approximate surface area is 194 Å². The van der Waals surface area contributed by atoms with Gasteiger partial charge in [-0.2, -0.15) is 5.10 Å². The van der Waals surface area contributed by atoms with Gasteiger partial charge in [0.25, 0.3) is 0 Å². The molecular formula is C26H28N3O3P. The molecule has 0 fully saturated rings. The third-order valence-corrected chi connectivity index (χ3v) is 7.23. The summed E-state index contributed by atoms with van der Waals surface area (Å²) >= 11 is 0. The van der Waals surface area contributed by atoms with Gasteiger partial charge in [0, 0.05) is 34.3 Å². The van der Waals surface area contributed by atoms with Crippen LogP contribution in [0.2, 0.25) is 0 Å². The van der Waals surface area contributed by atoms with Crippen LogP contribution in [0.25, 0.3) is 21.9 Å².